The largest absolute Gasteiger partial charge is 0.472 e. The third-order valence-electron chi connectivity index (χ3n) is 4.01. The number of rotatable bonds is 7. The van der Waals surface area contributed by atoms with Crippen LogP contribution in [-0.4, -0.2) is 23.2 Å². The van der Waals surface area contributed by atoms with Crippen LogP contribution in [0, 0.1) is 0 Å². The molecule has 0 radical (unpaired) electrons. The van der Waals surface area contributed by atoms with Gasteiger partial charge < -0.3 is 10.1 Å². The highest BCUT2D eigenvalue weighted by atomic mass is 35.5. The fourth-order valence-corrected chi connectivity index (χ4v) is 2.76. The number of ether oxygens (including phenoxy) is 1. The van der Waals surface area contributed by atoms with Gasteiger partial charge in [0.1, 0.15) is 6.61 Å². The minimum atomic E-state index is 0.403. The van der Waals surface area contributed by atoms with Gasteiger partial charge in [-0.05, 0) is 42.3 Å². The smallest absolute Gasteiger partial charge is 0.233 e. The summed E-state index contributed by atoms with van der Waals surface area (Å²) in [6, 6.07) is 15.6. The summed E-state index contributed by atoms with van der Waals surface area (Å²) in [6.45, 7) is 2.63. The lowest BCUT2D eigenvalue weighted by Crippen LogP contribution is -2.18. The fraction of sp³-hybridized carbons (Fsp3) is 0.200. The SMILES string of the molecule is CCc1cccc(NC)c1COc1ccn(-c2ccc(Cl)cc2)n1.NNC=O. The zero-order valence-electron chi connectivity index (χ0n) is 15.9. The van der Waals surface area contributed by atoms with E-state index in [1.54, 1.807) is 10.1 Å². The Hall–Kier alpha value is -3.03. The van der Waals surface area contributed by atoms with E-state index in [9.17, 15) is 0 Å². The molecule has 0 bridgehead atoms. The van der Waals surface area contributed by atoms with E-state index < -0.39 is 0 Å². The maximum absolute atomic E-state index is 8.94. The number of nitrogens with two attached hydrogens (primary N) is 1. The zero-order chi connectivity index (χ0) is 20.4. The van der Waals surface area contributed by atoms with Crippen molar-refractivity contribution < 1.29 is 9.53 Å². The minimum absolute atomic E-state index is 0.403. The molecule has 0 atom stereocenters. The summed E-state index contributed by atoms with van der Waals surface area (Å²) in [7, 11) is 1.92. The monoisotopic (exact) mass is 401 g/mol. The third kappa shape index (κ3) is 5.73. The molecule has 148 valence electrons. The number of halogens is 1. The first-order valence-electron chi connectivity index (χ1n) is 8.75. The normalized spacial score (nSPS) is 9.86. The van der Waals surface area contributed by atoms with Crippen molar-refractivity contribution in [2.24, 2.45) is 5.84 Å². The topological polar surface area (TPSA) is 94.2 Å². The van der Waals surface area contributed by atoms with E-state index in [4.69, 9.17) is 21.1 Å². The average Bonchev–Trinajstić information content (AvgIpc) is 3.21. The van der Waals surface area contributed by atoms with Crippen molar-refractivity contribution in [2.75, 3.05) is 12.4 Å². The van der Waals surface area contributed by atoms with Crippen LogP contribution in [0.15, 0.2) is 54.7 Å². The van der Waals surface area contributed by atoms with Crippen LogP contribution in [0.2, 0.25) is 5.02 Å². The summed E-state index contributed by atoms with van der Waals surface area (Å²) >= 11 is 5.92. The van der Waals surface area contributed by atoms with E-state index >= 15 is 0 Å². The first kappa shape index (κ1) is 21.3. The molecule has 0 aliphatic rings. The molecule has 0 aliphatic carbocycles. The van der Waals surface area contributed by atoms with Crippen molar-refractivity contribution >= 4 is 23.7 Å². The van der Waals surface area contributed by atoms with Crippen molar-refractivity contribution in [3.63, 3.8) is 0 Å². The zero-order valence-corrected chi connectivity index (χ0v) is 16.6. The van der Waals surface area contributed by atoms with Crippen molar-refractivity contribution in [3.05, 3.63) is 70.9 Å². The van der Waals surface area contributed by atoms with Gasteiger partial charge in [0, 0.05) is 35.6 Å². The first-order chi connectivity index (χ1) is 13.6. The Kier molecular flexibility index (Phi) is 8.33. The molecule has 8 heteroatoms. The van der Waals surface area contributed by atoms with Gasteiger partial charge in [-0.25, -0.2) is 10.5 Å². The van der Waals surface area contributed by atoms with Crippen LogP contribution in [0.25, 0.3) is 5.69 Å². The number of hydrogen-bond donors (Lipinski definition) is 3. The van der Waals surface area contributed by atoms with Crippen molar-refractivity contribution in [2.45, 2.75) is 20.0 Å². The lowest BCUT2D eigenvalue weighted by Gasteiger charge is -2.13. The van der Waals surface area contributed by atoms with Gasteiger partial charge >= 0.3 is 0 Å². The second kappa shape index (κ2) is 11.0. The van der Waals surface area contributed by atoms with Crippen molar-refractivity contribution in [1.82, 2.24) is 15.2 Å². The molecule has 1 amide bonds. The molecule has 28 heavy (non-hydrogen) atoms. The highest BCUT2D eigenvalue weighted by Gasteiger charge is 2.09. The van der Waals surface area contributed by atoms with Crippen molar-refractivity contribution in [3.8, 4) is 11.6 Å². The maximum Gasteiger partial charge on any atom is 0.233 e. The van der Waals surface area contributed by atoms with Gasteiger partial charge in [0.15, 0.2) is 0 Å². The number of carbonyl (C=O) groups excluding carboxylic acids is 1. The molecule has 1 aromatic heterocycles. The van der Waals surface area contributed by atoms with E-state index in [-0.39, 0.29) is 0 Å². The molecule has 0 saturated heterocycles. The third-order valence-corrected chi connectivity index (χ3v) is 4.26. The van der Waals surface area contributed by atoms with Crippen LogP contribution in [0.1, 0.15) is 18.1 Å². The molecule has 1 heterocycles. The Morgan fingerprint density at radius 1 is 1.21 bits per heavy atom. The highest BCUT2D eigenvalue weighted by molar-refractivity contribution is 6.30. The molecular formula is C20H24ClN5O2. The summed E-state index contributed by atoms with van der Waals surface area (Å²) in [5.41, 5.74) is 6.23. The number of nitrogens with one attached hydrogen (secondary N) is 2. The summed E-state index contributed by atoms with van der Waals surface area (Å²) in [5.74, 6) is 5.01. The molecule has 0 spiro atoms. The van der Waals surface area contributed by atoms with Gasteiger partial charge in [0.05, 0.1) is 5.69 Å². The van der Waals surface area contributed by atoms with Gasteiger partial charge in [-0.15, -0.1) is 5.10 Å². The Morgan fingerprint density at radius 2 is 1.93 bits per heavy atom. The molecule has 0 aliphatic heterocycles. The van der Waals surface area contributed by atoms with Crippen LogP contribution in [0.3, 0.4) is 0 Å². The van der Waals surface area contributed by atoms with Gasteiger partial charge in [0.2, 0.25) is 12.3 Å². The molecule has 4 N–H and O–H groups in total. The molecular weight excluding hydrogens is 378 g/mol. The predicted molar refractivity (Wildman–Crippen MR) is 112 cm³/mol. The number of benzene rings is 2. The highest BCUT2D eigenvalue weighted by Crippen LogP contribution is 2.23. The second-order valence-electron chi connectivity index (χ2n) is 5.69. The molecule has 3 aromatic rings. The number of anilines is 1. The molecule has 0 fully saturated rings. The Bertz CT molecular complexity index is 858. The molecule has 7 nitrogen and oxygen atoms in total. The van der Waals surface area contributed by atoms with Gasteiger partial charge in [-0.3, -0.25) is 10.2 Å². The van der Waals surface area contributed by atoms with Crippen LogP contribution in [-0.2, 0) is 17.8 Å². The van der Waals surface area contributed by atoms with Crippen molar-refractivity contribution in [1.29, 1.82) is 0 Å². The molecule has 2 aromatic carbocycles. The predicted octanol–water partition coefficient (Wildman–Crippen LogP) is 3.31. The summed E-state index contributed by atoms with van der Waals surface area (Å²) < 4.78 is 7.68. The molecule has 3 rings (SSSR count). The Labute approximate surface area is 169 Å². The lowest BCUT2D eigenvalue weighted by atomic mass is 10.0. The standard InChI is InChI=1S/C19H20ClN3O.CH4N2O/c1-3-14-5-4-6-18(21-2)17(14)13-24-19-11-12-23(22-19)16-9-7-15(20)8-10-16;2-3-1-4/h4-12,21H,3,13H2,1-2H3;1H,2H2,(H,3,4). The first-order valence-corrected chi connectivity index (χ1v) is 9.13. The molecule has 0 saturated carbocycles. The number of aromatic nitrogens is 2. The van der Waals surface area contributed by atoms with Gasteiger partial charge in [-0.2, -0.15) is 0 Å². The summed E-state index contributed by atoms with van der Waals surface area (Å²) in [6.07, 6.45) is 3.25. The number of nitrogens with zero attached hydrogens (tertiary/aromatic N) is 2. The van der Waals surface area contributed by atoms with Crippen LogP contribution < -0.4 is 21.3 Å². The Morgan fingerprint density at radius 3 is 2.54 bits per heavy atom. The number of carbonyl (C=O) groups is 1. The number of hydrogen-bond acceptors (Lipinski definition) is 5. The Balaban J connectivity index is 0.000000640. The quantitative estimate of drug-likeness (QED) is 0.244. The lowest BCUT2D eigenvalue weighted by molar-refractivity contribution is -0.109. The van der Waals surface area contributed by atoms with E-state index in [1.807, 2.05) is 43.6 Å². The van der Waals surface area contributed by atoms with Gasteiger partial charge in [0.25, 0.3) is 0 Å². The van der Waals surface area contributed by atoms with Crippen LogP contribution in [0.4, 0.5) is 5.69 Å². The van der Waals surface area contributed by atoms with E-state index in [2.05, 4.69) is 41.4 Å². The average molecular weight is 402 g/mol. The van der Waals surface area contributed by atoms with E-state index in [0.717, 1.165) is 17.8 Å². The van der Waals surface area contributed by atoms with E-state index in [1.165, 1.54) is 11.1 Å². The fourth-order valence-electron chi connectivity index (χ4n) is 2.64. The number of hydrazine groups is 1. The van der Waals surface area contributed by atoms with Gasteiger partial charge in [-0.1, -0.05) is 30.7 Å². The van der Waals surface area contributed by atoms with Crippen LogP contribution in [0.5, 0.6) is 5.88 Å². The number of aryl methyl sites for hydroxylation is 1. The second-order valence-corrected chi connectivity index (χ2v) is 6.13. The molecule has 0 unspecified atom stereocenters. The summed E-state index contributed by atoms with van der Waals surface area (Å²) in [4.78, 5) is 8.94. The number of amides is 1. The maximum atomic E-state index is 8.94. The van der Waals surface area contributed by atoms with Crippen LogP contribution >= 0.6 is 11.6 Å². The van der Waals surface area contributed by atoms with E-state index in [0.29, 0.717) is 23.9 Å². The summed E-state index contributed by atoms with van der Waals surface area (Å²) in [5, 5.41) is 8.40. The minimum Gasteiger partial charge on any atom is -0.472 e.